The van der Waals surface area contributed by atoms with Crippen LogP contribution in [0.4, 0.5) is 0 Å². The molecule has 1 aliphatic rings. The van der Waals surface area contributed by atoms with Crippen LogP contribution in [0, 0.1) is 16.7 Å². The number of rotatable bonds is 3. The molecule has 0 radical (unpaired) electrons. The molecule has 1 heterocycles. The fourth-order valence-corrected chi connectivity index (χ4v) is 3.24. The summed E-state index contributed by atoms with van der Waals surface area (Å²) in [5.41, 5.74) is 0.368. The predicted octanol–water partition coefficient (Wildman–Crippen LogP) is 3.16. The molecule has 0 saturated heterocycles. The van der Waals surface area contributed by atoms with Gasteiger partial charge in [-0.25, -0.2) is 0 Å². The summed E-state index contributed by atoms with van der Waals surface area (Å²) in [4.78, 5) is 13.8. The van der Waals surface area contributed by atoms with Crippen LogP contribution in [0.5, 0.6) is 0 Å². The van der Waals surface area contributed by atoms with Gasteiger partial charge in [0.15, 0.2) is 0 Å². The Labute approximate surface area is 113 Å². The Balaban J connectivity index is 2.03. The molecule has 1 aromatic heterocycles. The summed E-state index contributed by atoms with van der Waals surface area (Å²) in [6, 6.07) is 4.20. The number of amides is 1. The average Bonchev–Trinajstić information content (AvgIpc) is 2.63. The van der Waals surface area contributed by atoms with Crippen molar-refractivity contribution >= 4 is 33.2 Å². The molecule has 0 unspecified atom stereocenters. The van der Waals surface area contributed by atoms with Gasteiger partial charge in [-0.3, -0.25) is 4.79 Å². The van der Waals surface area contributed by atoms with Gasteiger partial charge in [-0.1, -0.05) is 0 Å². The quantitative estimate of drug-likeness (QED) is 0.860. The average molecular weight is 313 g/mol. The van der Waals surface area contributed by atoms with E-state index in [0.717, 1.165) is 15.8 Å². The summed E-state index contributed by atoms with van der Waals surface area (Å²) in [7, 11) is 1.77. The summed E-state index contributed by atoms with van der Waals surface area (Å²) < 4.78 is 1.06. The molecule has 1 aliphatic carbocycles. The Hall–Kier alpha value is -0.860. The molecule has 17 heavy (non-hydrogen) atoms. The first-order valence-corrected chi connectivity index (χ1v) is 7.14. The first kappa shape index (κ1) is 12.6. The first-order chi connectivity index (χ1) is 8.07. The molecule has 5 heteroatoms. The van der Waals surface area contributed by atoms with Crippen molar-refractivity contribution in [3.8, 4) is 6.07 Å². The van der Waals surface area contributed by atoms with Crippen LogP contribution < -0.4 is 0 Å². The lowest BCUT2D eigenvalue weighted by Gasteiger charge is -2.36. The van der Waals surface area contributed by atoms with Crippen molar-refractivity contribution in [3.63, 3.8) is 0 Å². The minimum absolute atomic E-state index is 0.0337. The van der Waals surface area contributed by atoms with Gasteiger partial charge in [-0.15, -0.1) is 11.3 Å². The first-order valence-electron chi connectivity index (χ1n) is 5.47. The Morgan fingerprint density at radius 1 is 1.71 bits per heavy atom. The molecule has 2 rings (SSSR count). The van der Waals surface area contributed by atoms with Crippen LogP contribution in [-0.4, -0.2) is 17.9 Å². The van der Waals surface area contributed by atoms with Gasteiger partial charge in [0, 0.05) is 13.6 Å². The van der Waals surface area contributed by atoms with Crippen molar-refractivity contribution in [1.29, 1.82) is 5.26 Å². The maximum atomic E-state index is 12.2. The number of carbonyl (C=O) groups excluding carboxylic acids is 1. The molecule has 1 saturated carbocycles. The number of nitriles is 1. The second-order valence-electron chi connectivity index (χ2n) is 4.47. The van der Waals surface area contributed by atoms with E-state index in [1.165, 1.54) is 0 Å². The molecule has 0 bridgehead atoms. The Bertz CT molecular complexity index is 473. The standard InChI is InChI=1S/C12H13BrN2OS/c1-15(6-9-5-10(13)17-7-9)11(16)12(8-14)3-2-4-12/h5,7H,2-4,6H2,1H3. The lowest BCUT2D eigenvalue weighted by molar-refractivity contribution is -0.142. The minimum Gasteiger partial charge on any atom is -0.340 e. The van der Waals surface area contributed by atoms with Crippen molar-refractivity contribution in [2.45, 2.75) is 25.8 Å². The van der Waals surface area contributed by atoms with E-state index in [0.29, 0.717) is 19.4 Å². The molecule has 0 atom stereocenters. The fourth-order valence-electron chi connectivity index (χ4n) is 2.04. The highest BCUT2D eigenvalue weighted by atomic mass is 79.9. The van der Waals surface area contributed by atoms with Crippen LogP contribution in [0.3, 0.4) is 0 Å². The summed E-state index contributed by atoms with van der Waals surface area (Å²) in [5.74, 6) is -0.0337. The molecule has 3 nitrogen and oxygen atoms in total. The molecule has 1 fully saturated rings. The van der Waals surface area contributed by atoms with Gasteiger partial charge in [-0.2, -0.15) is 5.26 Å². The van der Waals surface area contributed by atoms with Crippen molar-refractivity contribution in [3.05, 3.63) is 20.8 Å². The normalized spacial score (nSPS) is 17.0. The minimum atomic E-state index is -0.734. The second-order valence-corrected chi connectivity index (χ2v) is 6.76. The lowest BCUT2D eigenvalue weighted by Crippen LogP contribution is -2.45. The zero-order valence-corrected chi connectivity index (χ0v) is 12.0. The van der Waals surface area contributed by atoms with E-state index in [-0.39, 0.29) is 5.91 Å². The van der Waals surface area contributed by atoms with E-state index >= 15 is 0 Å². The molecular formula is C12H13BrN2OS. The molecular weight excluding hydrogens is 300 g/mol. The highest BCUT2D eigenvalue weighted by Gasteiger charge is 2.46. The van der Waals surface area contributed by atoms with Crippen LogP contribution >= 0.6 is 27.3 Å². The highest BCUT2D eigenvalue weighted by molar-refractivity contribution is 9.11. The summed E-state index contributed by atoms with van der Waals surface area (Å²) in [5, 5.41) is 11.1. The van der Waals surface area contributed by atoms with E-state index in [4.69, 9.17) is 5.26 Å². The third-order valence-electron chi connectivity index (χ3n) is 3.22. The van der Waals surface area contributed by atoms with E-state index in [9.17, 15) is 4.79 Å². The molecule has 1 aromatic rings. The monoisotopic (exact) mass is 312 g/mol. The Morgan fingerprint density at radius 2 is 2.41 bits per heavy atom. The largest absolute Gasteiger partial charge is 0.340 e. The van der Waals surface area contributed by atoms with E-state index in [2.05, 4.69) is 22.0 Å². The maximum Gasteiger partial charge on any atom is 0.243 e. The van der Waals surface area contributed by atoms with Crippen LogP contribution in [0.2, 0.25) is 0 Å². The van der Waals surface area contributed by atoms with Crippen molar-refractivity contribution in [1.82, 2.24) is 4.90 Å². The topological polar surface area (TPSA) is 44.1 Å². The van der Waals surface area contributed by atoms with Gasteiger partial charge in [0.1, 0.15) is 5.41 Å². The van der Waals surface area contributed by atoms with E-state index in [1.54, 1.807) is 23.3 Å². The third-order valence-corrected chi connectivity index (χ3v) is 4.77. The summed E-state index contributed by atoms with van der Waals surface area (Å²) in [6.45, 7) is 0.574. The molecule has 0 aromatic carbocycles. The van der Waals surface area contributed by atoms with Crippen molar-refractivity contribution in [2.24, 2.45) is 5.41 Å². The van der Waals surface area contributed by atoms with Crippen LogP contribution in [0.25, 0.3) is 0 Å². The fraction of sp³-hybridized carbons (Fsp3) is 0.500. The smallest absolute Gasteiger partial charge is 0.243 e. The number of halogens is 1. The molecule has 1 amide bonds. The van der Waals surface area contributed by atoms with Gasteiger partial charge in [0.25, 0.3) is 0 Å². The maximum absolute atomic E-state index is 12.2. The second kappa shape index (κ2) is 4.79. The molecule has 90 valence electrons. The van der Waals surface area contributed by atoms with Gasteiger partial charge in [-0.05, 0) is 52.2 Å². The zero-order chi connectivity index (χ0) is 12.5. The number of carbonyl (C=O) groups is 1. The van der Waals surface area contributed by atoms with Gasteiger partial charge < -0.3 is 4.90 Å². The summed E-state index contributed by atoms with van der Waals surface area (Å²) >= 11 is 5.00. The van der Waals surface area contributed by atoms with Crippen LogP contribution in [0.15, 0.2) is 15.2 Å². The predicted molar refractivity (Wildman–Crippen MR) is 70.4 cm³/mol. The lowest BCUT2D eigenvalue weighted by atomic mass is 9.69. The van der Waals surface area contributed by atoms with Gasteiger partial charge >= 0.3 is 0 Å². The third kappa shape index (κ3) is 2.38. The SMILES string of the molecule is CN(Cc1csc(Br)c1)C(=O)C1(C#N)CCC1. The van der Waals surface area contributed by atoms with Gasteiger partial charge in [0.05, 0.1) is 9.86 Å². The van der Waals surface area contributed by atoms with E-state index < -0.39 is 5.41 Å². The highest BCUT2D eigenvalue weighted by Crippen LogP contribution is 2.41. The van der Waals surface area contributed by atoms with Crippen LogP contribution in [0.1, 0.15) is 24.8 Å². The molecule has 0 spiro atoms. The Morgan fingerprint density at radius 3 is 2.82 bits per heavy atom. The van der Waals surface area contributed by atoms with Crippen molar-refractivity contribution < 1.29 is 4.79 Å². The zero-order valence-electron chi connectivity index (χ0n) is 9.57. The summed E-state index contributed by atoms with van der Waals surface area (Å²) in [6.07, 6.45) is 2.40. The van der Waals surface area contributed by atoms with Gasteiger partial charge in [0.2, 0.25) is 5.91 Å². The molecule has 0 aliphatic heterocycles. The number of thiophene rings is 1. The van der Waals surface area contributed by atoms with Crippen molar-refractivity contribution in [2.75, 3.05) is 7.05 Å². The molecule has 0 N–H and O–H groups in total. The van der Waals surface area contributed by atoms with Crippen LogP contribution in [-0.2, 0) is 11.3 Å². The number of hydrogen-bond acceptors (Lipinski definition) is 3. The number of nitrogens with zero attached hydrogens (tertiary/aromatic N) is 2. The van der Waals surface area contributed by atoms with E-state index in [1.807, 2.05) is 11.4 Å². The number of hydrogen-bond donors (Lipinski definition) is 0. The Kier molecular flexibility index (Phi) is 3.55.